The van der Waals surface area contributed by atoms with Crippen molar-refractivity contribution < 1.29 is 23.9 Å². The number of carbonyl (C=O) groups is 4. The van der Waals surface area contributed by atoms with Gasteiger partial charge in [-0.2, -0.15) is 0 Å². The number of rotatable bonds is 7. The van der Waals surface area contributed by atoms with Gasteiger partial charge in [0.25, 0.3) is 5.91 Å². The number of hydrogen-bond acceptors (Lipinski definition) is 5. The van der Waals surface area contributed by atoms with Crippen LogP contribution in [0.2, 0.25) is 0 Å². The van der Waals surface area contributed by atoms with Crippen LogP contribution in [-0.2, 0) is 19.1 Å². The zero-order valence-electron chi connectivity index (χ0n) is 15.5. The molecule has 0 saturated heterocycles. The summed E-state index contributed by atoms with van der Waals surface area (Å²) in [5, 5.41) is 4.93. The first-order valence-corrected chi connectivity index (χ1v) is 8.48. The van der Waals surface area contributed by atoms with Crippen LogP contribution < -0.4 is 10.6 Å². The van der Waals surface area contributed by atoms with E-state index in [2.05, 4.69) is 10.6 Å². The van der Waals surface area contributed by atoms with Gasteiger partial charge in [-0.25, -0.2) is 4.79 Å². The summed E-state index contributed by atoms with van der Waals surface area (Å²) in [6.45, 7) is 2.08. The van der Waals surface area contributed by atoms with E-state index in [-0.39, 0.29) is 11.5 Å². The molecule has 0 unspecified atom stereocenters. The number of Topliss-reactive ketones (excluding diaryl/α,β-unsaturated/α-hetero) is 1. The number of carbonyl (C=O) groups excluding carboxylic acids is 4. The van der Waals surface area contributed by atoms with E-state index in [9.17, 15) is 19.2 Å². The molecular formula is C21H20N2O5. The fourth-order valence-electron chi connectivity index (χ4n) is 2.35. The summed E-state index contributed by atoms with van der Waals surface area (Å²) >= 11 is 0. The Morgan fingerprint density at radius 1 is 0.929 bits per heavy atom. The van der Waals surface area contributed by atoms with Crippen LogP contribution in [0.3, 0.4) is 0 Å². The molecule has 0 aliphatic heterocycles. The highest BCUT2D eigenvalue weighted by Crippen LogP contribution is 2.15. The molecule has 0 saturated carbocycles. The van der Waals surface area contributed by atoms with Gasteiger partial charge in [0, 0.05) is 12.5 Å². The van der Waals surface area contributed by atoms with Gasteiger partial charge in [0.1, 0.15) is 5.70 Å². The Morgan fingerprint density at radius 2 is 1.57 bits per heavy atom. The second-order valence-electron chi connectivity index (χ2n) is 5.88. The largest absolute Gasteiger partial charge is 0.451 e. The van der Waals surface area contributed by atoms with Crippen LogP contribution in [-0.4, -0.2) is 30.2 Å². The van der Waals surface area contributed by atoms with E-state index in [1.54, 1.807) is 48.5 Å². The van der Waals surface area contributed by atoms with Crippen molar-refractivity contribution in [3.05, 3.63) is 71.4 Å². The molecule has 7 heteroatoms. The van der Waals surface area contributed by atoms with Crippen molar-refractivity contribution in [2.45, 2.75) is 13.8 Å². The zero-order chi connectivity index (χ0) is 20.5. The first-order chi connectivity index (χ1) is 13.4. The molecule has 2 N–H and O–H groups in total. The Hall–Kier alpha value is -3.74. The molecule has 0 heterocycles. The summed E-state index contributed by atoms with van der Waals surface area (Å²) in [4.78, 5) is 47.3. The third kappa shape index (κ3) is 6.21. The van der Waals surface area contributed by atoms with Crippen molar-refractivity contribution in [2.24, 2.45) is 0 Å². The van der Waals surface area contributed by atoms with E-state index in [0.29, 0.717) is 16.8 Å². The highest BCUT2D eigenvalue weighted by Gasteiger charge is 2.16. The molecule has 28 heavy (non-hydrogen) atoms. The number of benzene rings is 2. The summed E-state index contributed by atoms with van der Waals surface area (Å²) in [7, 11) is 0. The van der Waals surface area contributed by atoms with Gasteiger partial charge in [-0.1, -0.05) is 42.5 Å². The molecule has 2 rings (SSSR count). The normalized spacial score (nSPS) is 10.7. The lowest BCUT2D eigenvalue weighted by atomic mass is 10.1. The number of nitrogens with one attached hydrogen (secondary N) is 2. The molecule has 2 aromatic carbocycles. The summed E-state index contributed by atoms with van der Waals surface area (Å²) in [6, 6.07) is 15.4. The van der Waals surface area contributed by atoms with Gasteiger partial charge in [0.2, 0.25) is 5.91 Å². The third-order valence-electron chi connectivity index (χ3n) is 3.56. The molecule has 0 radical (unpaired) electrons. The van der Waals surface area contributed by atoms with Crippen molar-refractivity contribution >= 4 is 35.3 Å². The van der Waals surface area contributed by atoms with Crippen LogP contribution in [0.25, 0.3) is 6.08 Å². The maximum Gasteiger partial charge on any atom is 0.355 e. The van der Waals surface area contributed by atoms with Crippen LogP contribution >= 0.6 is 0 Å². The Bertz CT molecular complexity index is 919. The van der Waals surface area contributed by atoms with Crippen LogP contribution in [0.5, 0.6) is 0 Å². The number of ketones is 1. The lowest BCUT2D eigenvalue weighted by molar-refractivity contribution is -0.144. The lowest BCUT2D eigenvalue weighted by Gasteiger charge is -2.11. The summed E-state index contributed by atoms with van der Waals surface area (Å²) < 4.78 is 4.99. The minimum Gasteiger partial charge on any atom is -0.451 e. The lowest BCUT2D eigenvalue weighted by Crippen LogP contribution is -2.29. The smallest absolute Gasteiger partial charge is 0.355 e. The van der Waals surface area contributed by atoms with Crippen molar-refractivity contribution in [1.29, 1.82) is 0 Å². The first-order valence-electron chi connectivity index (χ1n) is 8.48. The fourth-order valence-corrected chi connectivity index (χ4v) is 2.35. The number of esters is 1. The van der Waals surface area contributed by atoms with Gasteiger partial charge in [0.05, 0.1) is 5.69 Å². The molecule has 0 fully saturated rings. The fraction of sp³-hybridized carbons (Fsp3) is 0.143. The van der Waals surface area contributed by atoms with Crippen molar-refractivity contribution in [3.8, 4) is 0 Å². The zero-order valence-corrected chi connectivity index (χ0v) is 15.5. The van der Waals surface area contributed by atoms with Gasteiger partial charge < -0.3 is 15.4 Å². The molecule has 2 aromatic rings. The molecule has 0 aromatic heterocycles. The highest BCUT2D eigenvalue weighted by molar-refractivity contribution is 6.04. The van der Waals surface area contributed by atoms with Gasteiger partial charge >= 0.3 is 5.97 Å². The Labute approximate surface area is 162 Å². The topological polar surface area (TPSA) is 102 Å². The predicted molar refractivity (Wildman–Crippen MR) is 104 cm³/mol. The summed E-state index contributed by atoms with van der Waals surface area (Å²) in [6.07, 6.45) is 1.45. The van der Waals surface area contributed by atoms with Crippen LogP contribution in [0.15, 0.2) is 60.3 Å². The van der Waals surface area contributed by atoms with E-state index in [0.717, 1.165) is 0 Å². The van der Waals surface area contributed by atoms with E-state index in [1.165, 1.54) is 19.9 Å². The first kappa shape index (κ1) is 20.6. The van der Waals surface area contributed by atoms with Gasteiger partial charge in [-0.05, 0) is 30.7 Å². The molecule has 0 aliphatic carbocycles. The maximum absolute atomic E-state index is 12.3. The molecular weight excluding hydrogens is 360 g/mol. The van der Waals surface area contributed by atoms with Crippen LogP contribution in [0, 0.1) is 0 Å². The van der Waals surface area contributed by atoms with E-state index in [1.807, 2.05) is 6.07 Å². The number of hydrogen-bond donors (Lipinski definition) is 2. The average molecular weight is 380 g/mol. The quantitative estimate of drug-likeness (QED) is 0.437. The average Bonchev–Trinajstić information content (AvgIpc) is 2.66. The number of amides is 2. The van der Waals surface area contributed by atoms with Crippen molar-refractivity contribution in [1.82, 2.24) is 5.32 Å². The summed E-state index contributed by atoms with van der Waals surface area (Å²) in [5.41, 5.74) is 1.28. The molecule has 2 amide bonds. The minimum atomic E-state index is -0.853. The SMILES string of the molecule is CC(=O)N/C(=C\c1ccccc1)C(=O)OCC(=O)Nc1ccccc1C(C)=O. The monoisotopic (exact) mass is 380 g/mol. The standard InChI is InChI=1S/C21H20N2O5/c1-14(24)17-10-6-7-11-18(17)23-20(26)13-28-21(27)19(22-15(2)25)12-16-8-4-3-5-9-16/h3-12H,13H2,1-2H3,(H,22,25)(H,23,26)/b19-12-. The number of para-hydroxylation sites is 1. The molecule has 0 aliphatic rings. The molecule has 144 valence electrons. The second kappa shape index (κ2) is 9.82. The molecule has 0 bridgehead atoms. The second-order valence-corrected chi connectivity index (χ2v) is 5.88. The molecule has 7 nitrogen and oxygen atoms in total. The third-order valence-corrected chi connectivity index (χ3v) is 3.56. The van der Waals surface area contributed by atoms with Crippen molar-refractivity contribution in [3.63, 3.8) is 0 Å². The highest BCUT2D eigenvalue weighted by atomic mass is 16.5. The van der Waals surface area contributed by atoms with Crippen LogP contribution in [0.1, 0.15) is 29.8 Å². The Morgan fingerprint density at radius 3 is 2.21 bits per heavy atom. The predicted octanol–water partition coefficient (Wildman–Crippen LogP) is 2.55. The Kier molecular flexibility index (Phi) is 7.21. The van der Waals surface area contributed by atoms with Gasteiger partial charge in [-0.15, -0.1) is 0 Å². The molecule has 0 spiro atoms. The van der Waals surface area contributed by atoms with Crippen LogP contribution in [0.4, 0.5) is 5.69 Å². The minimum absolute atomic E-state index is 0.0874. The maximum atomic E-state index is 12.3. The van der Waals surface area contributed by atoms with Crippen molar-refractivity contribution in [2.75, 3.05) is 11.9 Å². The number of ether oxygens (including phenoxy) is 1. The van der Waals surface area contributed by atoms with Gasteiger partial charge in [0.15, 0.2) is 12.4 Å². The van der Waals surface area contributed by atoms with E-state index >= 15 is 0 Å². The van der Waals surface area contributed by atoms with Gasteiger partial charge in [-0.3, -0.25) is 14.4 Å². The number of anilines is 1. The summed E-state index contributed by atoms with van der Waals surface area (Å²) in [5.74, 6) is -2.11. The Balaban J connectivity index is 2.04. The molecule has 0 atom stereocenters. The van der Waals surface area contributed by atoms with E-state index in [4.69, 9.17) is 4.74 Å². The van der Waals surface area contributed by atoms with E-state index < -0.39 is 24.4 Å².